The number of para-hydroxylation sites is 1. The fourth-order valence-electron chi connectivity index (χ4n) is 2.04. The fraction of sp³-hybridized carbons (Fsp3) is 0.167. The Morgan fingerprint density at radius 1 is 1.14 bits per heavy atom. The predicted octanol–water partition coefficient (Wildman–Crippen LogP) is 3.96. The highest BCUT2D eigenvalue weighted by Gasteiger charge is 2.03. The van der Waals surface area contributed by atoms with Crippen LogP contribution < -0.4 is 10.1 Å². The minimum atomic E-state index is -0.159. The van der Waals surface area contributed by atoms with E-state index < -0.39 is 0 Å². The fourth-order valence-corrected chi connectivity index (χ4v) is 2.04. The van der Waals surface area contributed by atoms with Gasteiger partial charge in [0.25, 0.3) is 0 Å². The van der Waals surface area contributed by atoms with Gasteiger partial charge >= 0.3 is 0 Å². The molecule has 0 saturated carbocycles. The molecule has 3 heteroatoms. The van der Waals surface area contributed by atoms with Crippen molar-refractivity contribution < 1.29 is 9.53 Å². The molecule has 0 aliphatic rings. The van der Waals surface area contributed by atoms with Crippen LogP contribution in [0.15, 0.2) is 48.5 Å². The van der Waals surface area contributed by atoms with Crippen LogP contribution in [-0.4, -0.2) is 13.0 Å². The molecule has 0 aromatic heterocycles. The topological polar surface area (TPSA) is 38.3 Å². The Labute approximate surface area is 125 Å². The molecule has 1 amide bonds. The Morgan fingerprint density at radius 3 is 2.62 bits per heavy atom. The SMILES string of the molecule is COc1ccc(C)cc1/C=C/C(=O)Nc1ccccc1C. The molecule has 21 heavy (non-hydrogen) atoms. The molecule has 2 aromatic carbocycles. The van der Waals surface area contributed by atoms with Crippen molar-refractivity contribution in [1.29, 1.82) is 0 Å². The van der Waals surface area contributed by atoms with Gasteiger partial charge in [-0.2, -0.15) is 0 Å². The van der Waals surface area contributed by atoms with Crippen LogP contribution in [-0.2, 0) is 4.79 Å². The van der Waals surface area contributed by atoms with Crippen LogP contribution in [0.3, 0.4) is 0 Å². The van der Waals surface area contributed by atoms with Crippen molar-refractivity contribution in [1.82, 2.24) is 0 Å². The second-order valence-corrected chi connectivity index (χ2v) is 4.88. The second-order valence-electron chi connectivity index (χ2n) is 4.88. The molecule has 0 atom stereocenters. The number of anilines is 1. The highest BCUT2D eigenvalue weighted by Crippen LogP contribution is 2.21. The van der Waals surface area contributed by atoms with Gasteiger partial charge in [0.2, 0.25) is 5.91 Å². The molecule has 0 unspecified atom stereocenters. The molecular formula is C18H19NO2. The number of rotatable bonds is 4. The summed E-state index contributed by atoms with van der Waals surface area (Å²) in [5.41, 5.74) is 3.86. The van der Waals surface area contributed by atoms with Crippen LogP contribution in [0.25, 0.3) is 6.08 Å². The van der Waals surface area contributed by atoms with Gasteiger partial charge in [0.05, 0.1) is 7.11 Å². The molecule has 2 rings (SSSR count). The summed E-state index contributed by atoms with van der Waals surface area (Å²) in [6.45, 7) is 3.97. The van der Waals surface area contributed by atoms with E-state index in [0.29, 0.717) is 0 Å². The molecule has 0 fully saturated rings. The van der Waals surface area contributed by atoms with Crippen molar-refractivity contribution in [2.45, 2.75) is 13.8 Å². The van der Waals surface area contributed by atoms with Crippen molar-refractivity contribution >= 4 is 17.7 Å². The van der Waals surface area contributed by atoms with Crippen LogP contribution >= 0.6 is 0 Å². The van der Waals surface area contributed by atoms with E-state index in [0.717, 1.165) is 28.1 Å². The number of hydrogen-bond acceptors (Lipinski definition) is 2. The summed E-state index contributed by atoms with van der Waals surface area (Å²) >= 11 is 0. The Bertz CT molecular complexity index is 675. The van der Waals surface area contributed by atoms with E-state index in [1.165, 1.54) is 6.08 Å². The molecule has 0 spiro atoms. The standard InChI is InChI=1S/C18H19NO2/c1-13-8-10-17(21-3)15(12-13)9-11-18(20)19-16-7-5-4-6-14(16)2/h4-12H,1-3H3,(H,19,20)/b11-9+. The smallest absolute Gasteiger partial charge is 0.248 e. The van der Waals surface area contributed by atoms with Gasteiger partial charge in [-0.3, -0.25) is 4.79 Å². The van der Waals surface area contributed by atoms with Gasteiger partial charge in [0.15, 0.2) is 0 Å². The lowest BCUT2D eigenvalue weighted by Gasteiger charge is -2.07. The normalized spacial score (nSPS) is 10.6. The number of methoxy groups -OCH3 is 1. The summed E-state index contributed by atoms with van der Waals surface area (Å²) in [4.78, 5) is 12.0. The first-order valence-corrected chi connectivity index (χ1v) is 6.79. The molecular weight excluding hydrogens is 262 g/mol. The Hall–Kier alpha value is -2.55. The first-order valence-electron chi connectivity index (χ1n) is 6.79. The van der Waals surface area contributed by atoms with E-state index in [4.69, 9.17) is 4.74 Å². The molecule has 0 saturated heterocycles. The zero-order valence-corrected chi connectivity index (χ0v) is 12.5. The number of carbonyl (C=O) groups is 1. The van der Waals surface area contributed by atoms with Crippen molar-refractivity contribution in [3.8, 4) is 5.75 Å². The third-order valence-corrected chi connectivity index (χ3v) is 3.20. The second kappa shape index (κ2) is 6.75. The summed E-state index contributed by atoms with van der Waals surface area (Å²) in [6.07, 6.45) is 3.28. The number of aryl methyl sites for hydroxylation is 2. The van der Waals surface area contributed by atoms with Crippen LogP contribution in [0.2, 0.25) is 0 Å². The maximum atomic E-state index is 12.0. The molecule has 0 heterocycles. The first-order chi connectivity index (χ1) is 10.1. The van der Waals surface area contributed by atoms with Crippen LogP contribution in [0.4, 0.5) is 5.69 Å². The van der Waals surface area contributed by atoms with Gasteiger partial charge in [-0.05, 0) is 43.7 Å². The highest BCUT2D eigenvalue weighted by molar-refractivity contribution is 6.02. The maximum Gasteiger partial charge on any atom is 0.248 e. The van der Waals surface area contributed by atoms with Gasteiger partial charge in [-0.1, -0.05) is 29.8 Å². The zero-order chi connectivity index (χ0) is 15.2. The van der Waals surface area contributed by atoms with Crippen LogP contribution in [0.1, 0.15) is 16.7 Å². The number of benzene rings is 2. The number of ether oxygens (including phenoxy) is 1. The van der Waals surface area contributed by atoms with E-state index >= 15 is 0 Å². The molecule has 0 radical (unpaired) electrons. The summed E-state index contributed by atoms with van der Waals surface area (Å²) in [7, 11) is 1.62. The average molecular weight is 281 g/mol. The summed E-state index contributed by atoms with van der Waals surface area (Å²) < 4.78 is 5.29. The number of carbonyl (C=O) groups excluding carboxylic acids is 1. The van der Waals surface area contributed by atoms with Gasteiger partial charge < -0.3 is 10.1 Å². The lowest BCUT2D eigenvalue weighted by Crippen LogP contribution is -2.08. The average Bonchev–Trinajstić information content (AvgIpc) is 2.48. The monoisotopic (exact) mass is 281 g/mol. The quantitative estimate of drug-likeness (QED) is 0.861. The molecule has 3 nitrogen and oxygen atoms in total. The van der Waals surface area contributed by atoms with Gasteiger partial charge in [0.1, 0.15) is 5.75 Å². The van der Waals surface area contributed by atoms with Gasteiger partial charge in [0, 0.05) is 17.3 Å². The third kappa shape index (κ3) is 3.96. The maximum absolute atomic E-state index is 12.0. The van der Waals surface area contributed by atoms with Gasteiger partial charge in [-0.15, -0.1) is 0 Å². The Kier molecular flexibility index (Phi) is 4.77. The highest BCUT2D eigenvalue weighted by atomic mass is 16.5. The minimum absolute atomic E-state index is 0.159. The third-order valence-electron chi connectivity index (χ3n) is 3.20. The molecule has 1 N–H and O–H groups in total. The van der Waals surface area contributed by atoms with E-state index in [1.807, 2.05) is 56.3 Å². The minimum Gasteiger partial charge on any atom is -0.496 e. The zero-order valence-electron chi connectivity index (χ0n) is 12.5. The summed E-state index contributed by atoms with van der Waals surface area (Å²) in [6, 6.07) is 13.5. The number of nitrogens with one attached hydrogen (secondary N) is 1. The molecule has 0 bridgehead atoms. The van der Waals surface area contributed by atoms with Crippen molar-refractivity contribution in [2.75, 3.05) is 12.4 Å². The molecule has 2 aromatic rings. The number of hydrogen-bond donors (Lipinski definition) is 1. The van der Waals surface area contributed by atoms with E-state index in [9.17, 15) is 4.79 Å². The van der Waals surface area contributed by atoms with Crippen molar-refractivity contribution in [3.63, 3.8) is 0 Å². The van der Waals surface area contributed by atoms with E-state index in [1.54, 1.807) is 13.2 Å². The molecule has 0 aliphatic heterocycles. The Morgan fingerprint density at radius 2 is 1.90 bits per heavy atom. The van der Waals surface area contributed by atoms with Crippen molar-refractivity contribution in [2.24, 2.45) is 0 Å². The molecule has 0 aliphatic carbocycles. The Balaban J connectivity index is 2.12. The number of amides is 1. The molecule has 108 valence electrons. The summed E-state index contributed by atoms with van der Waals surface area (Å²) in [5, 5.41) is 2.87. The van der Waals surface area contributed by atoms with Crippen LogP contribution in [0.5, 0.6) is 5.75 Å². The lowest BCUT2D eigenvalue weighted by atomic mass is 10.1. The predicted molar refractivity (Wildman–Crippen MR) is 86.6 cm³/mol. The van der Waals surface area contributed by atoms with Crippen LogP contribution in [0, 0.1) is 13.8 Å². The summed E-state index contributed by atoms with van der Waals surface area (Å²) in [5.74, 6) is 0.591. The van der Waals surface area contributed by atoms with Crippen molar-refractivity contribution in [3.05, 3.63) is 65.2 Å². The van der Waals surface area contributed by atoms with E-state index in [2.05, 4.69) is 5.32 Å². The largest absolute Gasteiger partial charge is 0.496 e. The van der Waals surface area contributed by atoms with E-state index in [-0.39, 0.29) is 5.91 Å². The van der Waals surface area contributed by atoms with Gasteiger partial charge in [-0.25, -0.2) is 0 Å². The first kappa shape index (κ1) is 14.9. The lowest BCUT2D eigenvalue weighted by molar-refractivity contribution is -0.111.